The third-order valence-corrected chi connectivity index (χ3v) is 2.56. The highest BCUT2D eigenvalue weighted by molar-refractivity contribution is 5.83. The van der Waals surface area contributed by atoms with E-state index in [2.05, 4.69) is 5.32 Å². The first-order chi connectivity index (χ1) is 7.60. The maximum atomic E-state index is 11.6. The van der Waals surface area contributed by atoms with E-state index in [-0.39, 0.29) is 18.5 Å². The fraction of sp³-hybridized carbons (Fsp3) is 0.818. The standard InChI is InChI=1S/C11H23N3O2/c1-5-13(6-2)10(15)9-12-11(16)14(7-3)8-4/h5-9H2,1-4H3,(H,12,16). The van der Waals surface area contributed by atoms with E-state index >= 15 is 0 Å². The Morgan fingerprint density at radius 2 is 1.31 bits per heavy atom. The molecule has 0 aliphatic carbocycles. The van der Waals surface area contributed by atoms with Crippen LogP contribution in [0.15, 0.2) is 0 Å². The van der Waals surface area contributed by atoms with E-state index < -0.39 is 0 Å². The van der Waals surface area contributed by atoms with Crippen molar-refractivity contribution in [1.82, 2.24) is 15.1 Å². The number of hydrogen-bond acceptors (Lipinski definition) is 2. The van der Waals surface area contributed by atoms with Gasteiger partial charge < -0.3 is 15.1 Å². The molecule has 0 bridgehead atoms. The Morgan fingerprint density at radius 1 is 0.875 bits per heavy atom. The van der Waals surface area contributed by atoms with E-state index in [4.69, 9.17) is 0 Å². The van der Waals surface area contributed by atoms with Gasteiger partial charge in [-0.15, -0.1) is 0 Å². The third-order valence-electron chi connectivity index (χ3n) is 2.56. The number of carbonyl (C=O) groups excluding carboxylic acids is 2. The van der Waals surface area contributed by atoms with Crippen molar-refractivity contribution in [2.24, 2.45) is 0 Å². The molecule has 0 aliphatic heterocycles. The summed E-state index contributed by atoms with van der Waals surface area (Å²) in [7, 11) is 0. The van der Waals surface area contributed by atoms with Crippen LogP contribution in [-0.2, 0) is 4.79 Å². The second-order valence-electron chi connectivity index (χ2n) is 3.40. The fourth-order valence-corrected chi connectivity index (χ4v) is 1.46. The van der Waals surface area contributed by atoms with Crippen molar-refractivity contribution in [3.05, 3.63) is 0 Å². The summed E-state index contributed by atoms with van der Waals surface area (Å²) in [6, 6.07) is -0.175. The molecular formula is C11H23N3O2. The minimum atomic E-state index is -0.175. The van der Waals surface area contributed by atoms with Gasteiger partial charge in [-0.3, -0.25) is 4.79 Å². The normalized spacial score (nSPS) is 9.75. The molecule has 0 aromatic heterocycles. The van der Waals surface area contributed by atoms with E-state index in [1.165, 1.54) is 0 Å². The van der Waals surface area contributed by atoms with Crippen LogP contribution in [0.1, 0.15) is 27.7 Å². The summed E-state index contributed by atoms with van der Waals surface area (Å²) in [6.45, 7) is 10.4. The van der Waals surface area contributed by atoms with Crippen LogP contribution in [0.25, 0.3) is 0 Å². The quantitative estimate of drug-likeness (QED) is 0.736. The lowest BCUT2D eigenvalue weighted by molar-refractivity contribution is -0.129. The van der Waals surface area contributed by atoms with E-state index in [1.807, 2.05) is 27.7 Å². The Bertz CT molecular complexity index is 199. The maximum absolute atomic E-state index is 11.6. The zero-order valence-corrected chi connectivity index (χ0v) is 10.7. The predicted molar refractivity (Wildman–Crippen MR) is 64.2 cm³/mol. The lowest BCUT2D eigenvalue weighted by Crippen LogP contribution is -2.45. The molecule has 0 rings (SSSR count). The van der Waals surface area contributed by atoms with Crippen molar-refractivity contribution in [3.63, 3.8) is 0 Å². The molecule has 0 unspecified atom stereocenters. The van der Waals surface area contributed by atoms with Gasteiger partial charge in [-0.1, -0.05) is 0 Å². The number of urea groups is 1. The SMILES string of the molecule is CCN(CC)C(=O)CNC(=O)N(CC)CC. The monoisotopic (exact) mass is 229 g/mol. The van der Waals surface area contributed by atoms with Gasteiger partial charge in [0.25, 0.3) is 0 Å². The van der Waals surface area contributed by atoms with Gasteiger partial charge in [-0.05, 0) is 27.7 Å². The number of amides is 3. The Balaban J connectivity index is 4.04. The topological polar surface area (TPSA) is 52.7 Å². The molecular weight excluding hydrogens is 206 g/mol. The van der Waals surface area contributed by atoms with E-state index in [0.717, 1.165) is 0 Å². The van der Waals surface area contributed by atoms with Crippen LogP contribution in [0.5, 0.6) is 0 Å². The first-order valence-corrected chi connectivity index (χ1v) is 5.91. The van der Waals surface area contributed by atoms with Crippen LogP contribution in [0.4, 0.5) is 4.79 Å². The minimum absolute atomic E-state index is 0.0366. The average molecular weight is 229 g/mol. The molecule has 0 aromatic rings. The molecule has 0 spiro atoms. The van der Waals surface area contributed by atoms with E-state index in [0.29, 0.717) is 26.2 Å². The number of nitrogens with zero attached hydrogens (tertiary/aromatic N) is 2. The number of rotatable bonds is 6. The van der Waals surface area contributed by atoms with Crippen molar-refractivity contribution < 1.29 is 9.59 Å². The predicted octanol–water partition coefficient (Wildman–Crippen LogP) is 0.906. The van der Waals surface area contributed by atoms with E-state index in [1.54, 1.807) is 9.80 Å². The van der Waals surface area contributed by atoms with Crippen LogP contribution in [0, 0.1) is 0 Å². The Labute approximate surface area is 97.8 Å². The van der Waals surface area contributed by atoms with Crippen LogP contribution < -0.4 is 5.32 Å². The van der Waals surface area contributed by atoms with Gasteiger partial charge in [-0.2, -0.15) is 0 Å². The molecule has 5 nitrogen and oxygen atoms in total. The molecule has 0 atom stereocenters. The van der Waals surface area contributed by atoms with E-state index in [9.17, 15) is 9.59 Å². The van der Waals surface area contributed by atoms with Gasteiger partial charge in [0.05, 0.1) is 6.54 Å². The van der Waals surface area contributed by atoms with Crippen LogP contribution in [0.3, 0.4) is 0 Å². The highest BCUT2D eigenvalue weighted by atomic mass is 16.2. The highest BCUT2D eigenvalue weighted by Crippen LogP contribution is 1.90. The molecule has 5 heteroatoms. The van der Waals surface area contributed by atoms with Gasteiger partial charge >= 0.3 is 6.03 Å². The summed E-state index contributed by atoms with van der Waals surface area (Å²) in [5.41, 5.74) is 0. The number of hydrogen-bond donors (Lipinski definition) is 1. The van der Waals surface area contributed by atoms with Gasteiger partial charge in [0, 0.05) is 26.2 Å². The van der Waals surface area contributed by atoms with Crippen molar-refractivity contribution in [2.45, 2.75) is 27.7 Å². The first kappa shape index (κ1) is 14.7. The fourth-order valence-electron chi connectivity index (χ4n) is 1.46. The molecule has 0 fully saturated rings. The summed E-state index contributed by atoms with van der Waals surface area (Å²) >= 11 is 0. The highest BCUT2D eigenvalue weighted by Gasteiger charge is 2.13. The number of carbonyl (C=O) groups is 2. The molecule has 1 N–H and O–H groups in total. The Kier molecular flexibility index (Phi) is 7.33. The molecule has 0 heterocycles. The Morgan fingerprint density at radius 3 is 1.69 bits per heavy atom. The molecule has 0 saturated heterocycles. The summed E-state index contributed by atoms with van der Waals surface area (Å²) in [4.78, 5) is 26.5. The second-order valence-corrected chi connectivity index (χ2v) is 3.40. The molecule has 0 aromatic carbocycles. The van der Waals surface area contributed by atoms with Crippen LogP contribution in [0.2, 0.25) is 0 Å². The lowest BCUT2D eigenvalue weighted by atomic mass is 10.4. The van der Waals surface area contributed by atoms with Crippen molar-refractivity contribution in [3.8, 4) is 0 Å². The van der Waals surface area contributed by atoms with Gasteiger partial charge in [0.1, 0.15) is 0 Å². The molecule has 16 heavy (non-hydrogen) atoms. The first-order valence-electron chi connectivity index (χ1n) is 5.91. The van der Waals surface area contributed by atoms with Crippen molar-refractivity contribution in [1.29, 1.82) is 0 Å². The van der Waals surface area contributed by atoms with Gasteiger partial charge in [-0.25, -0.2) is 4.79 Å². The van der Waals surface area contributed by atoms with Crippen molar-refractivity contribution in [2.75, 3.05) is 32.7 Å². The van der Waals surface area contributed by atoms with Crippen molar-refractivity contribution >= 4 is 11.9 Å². The van der Waals surface area contributed by atoms with Crippen LogP contribution >= 0.6 is 0 Å². The molecule has 94 valence electrons. The minimum Gasteiger partial charge on any atom is -0.342 e. The summed E-state index contributed by atoms with van der Waals surface area (Å²) < 4.78 is 0. The lowest BCUT2D eigenvalue weighted by Gasteiger charge is -2.22. The Hall–Kier alpha value is -1.26. The molecule has 0 aliphatic rings. The molecule has 3 amide bonds. The summed E-state index contributed by atoms with van der Waals surface area (Å²) in [6.07, 6.45) is 0. The zero-order valence-electron chi connectivity index (χ0n) is 10.7. The summed E-state index contributed by atoms with van der Waals surface area (Å²) in [5, 5.41) is 2.63. The smallest absolute Gasteiger partial charge is 0.317 e. The number of likely N-dealkylation sites (N-methyl/N-ethyl adjacent to an activating group) is 1. The molecule has 0 saturated carbocycles. The third kappa shape index (κ3) is 4.51. The van der Waals surface area contributed by atoms with Crippen LogP contribution in [-0.4, -0.2) is 54.5 Å². The van der Waals surface area contributed by atoms with Gasteiger partial charge in [0.2, 0.25) is 5.91 Å². The zero-order chi connectivity index (χ0) is 12.6. The van der Waals surface area contributed by atoms with Gasteiger partial charge in [0.15, 0.2) is 0 Å². The number of nitrogens with one attached hydrogen (secondary N) is 1. The molecule has 0 radical (unpaired) electrons. The maximum Gasteiger partial charge on any atom is 0.317 e. The summed E-state index contributed by atoms with van der Waals surface area (Å²) in [5.74, 6) is -0.0366. The second kappa shape index (κ2) is 7.96. The average Bonchev–Trinajstić information content (AvgIpc) is 2.29. The largest absolute Gasteiger partial charge is 0.342 e.